The highest BCUT2D eigenvalue weighted by molar-refractivity contribution is 5.79. The Kier molecular flexibility index (Phi) is 4.25. The number of hydrogen-bond donors (Lipinski definition) is 0. The highest BCUT2D eigenvalue weighted by Crippen LogP contribution is 2.20. The predicted molar refractivity (Wildman–Crippen MR) is 93.6 cm³/mol. The van der Waals surface area contributed by atoms with E-state index in [1.165, 1.54) is 7.11 Å². The average molecular weight is 324 g/mol. The molecule has 1 aromatic heterocycles. The van der Waals surface area contributed by atoms with Crippen LogP contribution >= 0.6 is 0 Å². The van der Waals surface area contributed by atoms with Gasteiger partial charge in [0.1, 0.15) is 0 Å². The summed E-state index contributed by atoms with van der Waals surface area (Å²) in [6, 6.07) is 13.7. The zero-order chi connectivity index (χ0) is 17.3. The summed E-state index contributed by atoms with van der Waals surface area (Å²) in [5, 5.41) is 0. The monoisotopic (exact) mass is 324 g/mol. The number of esters is 1. The van der Waals surface area contributed by atoms with Crippen molar-refractivity contribution in [1.82, 2.24) is 9.13 Å². The molecule has 0 radical (unpaired) electrons. The molecule has 0 spiro atoms. The molecule has 0 amide bonds. The van der Waals surface area contributed by atoms with Crippen molar-refractivity contribution in [2.75, 3.05) is 7.11 Å². The van der Waals surface area contributed by atoms with E-state index in [1.807, 2.05) is 56.3 Å². The lowest BCUT2D eigenvalue weighted by atomic mass is 10.2. The van der Waals surface area contributed by atoms with Gasteiger partial charge in [-0.3, -0.25) is 13.9 Å². The zero-order valence-electron chi connectivity index (χ0n) is 14.1. The van der Waals surface area contributed by atoms with E-state index >= 15 is 0 Å². The molecule has 0 saturated heterocycles. The molecule has 0 aliphatic carbocycles. The second-order valence-corrected chi connectivity index (χ2v) is 5.92. The summed E-state index contributed by atoms with van der Waals surface area (Å²) in [7, 11) is 1.35. The second-order valence-electron chi connectivity index (χ2n) is 5.92. The van der Waals surface area contributed by atoms with Crippen LogP contribution in [0.4, 0.5) is 0 Å². The first-order chi connectivity index (χ1) is 11.5. The molecule has 0 atom stereocenters. The first-order valence-electron chi connectivity index (χ1n) is 7.87. The standard InChI is InChI=1S/C19H20N2O3/c1-13-4-7-15(8-5-13)21-17-12-14(2)6-9-16(17)20(19(21)23)11-10-18(22)24-3/h4-9,12H,10-11H2,1-3H3. The van der Waals surface area contributed by atoms with Crippen LogP contribution in [0, 0.1) is 13.8 Å². The molecular weight excluding hydrogens is 304 g/mol. The van der Waals surface area contributed by atoms with E-state index in [0.29, 0.717) is 6.54 Å². The van der Waals surface area contributed by atoms with Crippen LogP contribution in [-0.2, 0) is 16.1 Å². The number of hydrogen-bond acceptors (Lipinski definition) is 3. The van der Waals surface area contributed by atoms with Gasteiger partial charge in [0.2, 0.25) is 0 Å². The predicted octanol–water partition coefficient (Wildman–Crippen LogP) is 2.97. The fourth-order valence-electron chi connectivity index (χ4n) is 2.83. The Morgan fingerprint density at radius 2 is 1.67 bits per heavy atom. The number of carbonyl (C=O) groups excluding carboxylic acids is 1. The minimum atomic E-state index is -0.328. The van der Waals surface area contributed by atoms with Crippen LogP contribution in [0.5, 0.6) is 0 Å². The second kappa shape index (κ2) is 6.35. The summed E-state index contributed by atoms with van der Waals surface area (Å²) in [6.07, 6.45) is 0.164. The van der Waals surface area contributed by atoms with Gasteiger partial charge in [-0.05, 0) is 43.7 Å². The van der Waals surface area contributed by atoms with Gasteiger partial charge in [0.25, 0.3) is 0 Å². The molecule has 124 valence electrons. The number of nitrogens with zero attached hydrogens (tertiary/aromatic N) is 2. The smallest absolute Gasteiger partial charge is 0.333 e. The molecule has 5 heteroatoms. The van der Waals surface area contributed by atoms with Gasteiger partial charge >= 0.3 is 11.7 Å². The molecule has 0 unspecified atom stereocenters. The van der Waals surface area contributed by atoms with Gasteiger partial charge < -0.3 is 4.74 Å². The number of aromatic nitrogens is 2. The Hall–Kier alpha value is -2.82. The van der Waals surface area contributed by atoms with Crippen LogP contribution < -0.4 is 5.69 Å². The average Bonchev–Trinajstić information content (AvgIpc) is 2.84. The van der Waals surface area contributed by atoms with Gasteiger partial charge in [0, 0.05) is 6.54 Å². The molecule has 3 rings (SSSR count). The molecular formula is C19H20N2O3. The van der Waals surface area contributed by atoms with Crippen molar-refractivity contribution in [2.45, 2.75) is 26.8 Å². The molecule has 0 aliphatic rings. The van der Waals surface area contributed by atoms with Crippen molar-refractivity contribution in [3.05, 3.63) is 64.1 Å². The summed E-state index contributed by atoms with van der Waals surface area (Å²) in [4.78, 5) is 24.4. The highest BCUT2D eigenvalue weighted by atomic mass is 16.5. The van der Waals surface area contributed by atoms with E-state index in [2.05, 4.69) is 4.74 Å². The van der Waals surface area contributed by atoms with E-state index in [4.69, 9.17) is 0 Å². The van der Waals surface area contributed by atoms with Crippen molar-refractivity contribution < 1.29 is 9.53 Å². The fourth-order valence-corrected chi connectivity index (χ4v) is 2.83. The van der Waals surface area contributed by atoms with E-state index < -0.39 is 0 Å². The molecule has 0 N–H and O–H groups in total. The number of rotatable bonds is 4. The maximum atomic E-state index is 13.0. The Morgan fingerprint density at radius 1 is 1.00 bits per heavy atom. The van der Waals surface area contributed by atoms with Crippen molar-refractivity contribution in [3.63, 3.8) is 0 Å². The molecule has 3 aromatic rings. The molecule has 0 fully saturated rings. The summed E-state index contributed by atoms with van der Waals surface area (Å²) >= 11 is 0. The normalized spacial score (nSPS) is 11.0. The zero-order valence-corrected chi connectivity index (χ0v) is 14.1. The van der Waals surface area contributed by atoms with Crippen molar-refractivity contribution >= 4 is 17.0 Å². The number of carbonyl (C=O) groups is 1. The van der Waals surface area contributed by atoms with Crippen LogP contribution in [0.15, 0.2) is 47.3 Å². The lowest BCUT2D eigenvalue weighted by Crippen LogP contribution is -2.24. The lowest BCUT2D eigenvalue weighted by Gasteiger charge is -2.04. The first-order valence-corrected chi connectivity index (χ1v) is 7.87. The van der Waals surface area contributed by atoms with Gasteiger partial charge in [-0.25, -0.2) is 4.79 Å². The third-order valence-corrected chi connectivity index (χ3v) is 4.14. The van der Waals surface area contributed by atoms with Crippen LogP contribution in [0.3, 0.4) is 0 Å². The van der Waals surface area contributed by atoms with Crippen LogP contribution in [0.2, 0.25) is 0 Å². The van der Waals surface area contributed by atoms with Crippen LogP contribution in [0.1, 0.15) is 17.5 Å². The number of aryl methyl sites for hydroxylation is 3. The molecule has 2 aromatic carbocycles. The molecule has 1 heterocycles. The Bertz CT molecular complexity index is 949. The summed E-state index contributed by atoms with van der Waals surface area (Å²) in [5.41, 5.74) is 4.54. The summed E-state index contributed by atoms with van der Waals surface area (Å²) in [6.45, 7) is 4.30. The maximum absolute atomic E-state index is 13.0. The Labute approximate surface area is 140 Å². The third kappa shape index (κ3) is 2.85. The largest absolute Gasteiger partial charge is 0.469 e. The van der Waals surface area contributed by atoms with Gasteiger partial charge in [-0.15, -0.1) is 0 Å². The van der Waals surface area contributed by atoms with E-state index in [0.717, 1.165) is 27.8 Å². The number of imidazole rings is 1. The van der Waals surface area contributed by atoms with Gasteiger partial charge in [-0.1, -0.05) is 23.8 Å². The molecule has 5 nitrogen and oxygen atoms in total. The van der Waals surface area contributed by atoms with Gasteiger partial charge in [-0.2, -0.15) is 0 Å². The number of benzene rings is 2. The topological polar surface area (TPSA) is 53.2 Å². The van der Waals surface area contributed by atoms with Crippen LogP contribution in [-0.4, -0.2) is 22.2 Å². The number of fused-ring (bicyclic) bond motifs is 1. The maximum Gasteiger partial charge on any atom is 0.333 e. The Morgan fingerprint density at radius 3 is 2.33 bits per heavy atom. The number of methoxy groups -OCH3 is 1. The van der Waals surface area contributed by atoms with Crippen LogP contribution in [0.25, 0.3) is 16.7 Å². The quantitative estimate of drug-likeness (QED) is 0.693. The van der Waals surface area contributed by atoms with Crippen molar-refractivity contribution in [2.24, 2.45) is 0 Å². The lowest BCUT2D eigenvalue weighted by molar-refractivity contribution is -0.140. The SMILES string of the molecule is COC(=O)CCn1c(=O)n(-c2ccc(C)cc2)c2cc(C)ccc21. The van der Waals surface area contributed by atoms with Gasteiger partial charge in [0.05, 0.1) is 30.3 Å². The molecule has 24 heavy (non-hydrogen) atoms. The van der Waals surface area contributed by atoms with Gasteiger partial charge in [0.15, 0.2) is 0 Å². The minimum absolute atomic E-state index is 0.150. The van der Waals surface area contributed by atoms with Crippen molar-refractivity contribution in [3.8, 4) is 5.69 Å². The van der Waals surface area contributed by atoms with E-state index in [1.54, 1.807) is 9.13 Å². The number of ether oxygens (including phenoxy) is 1. The highest BCUT2D eigenvalue weighted by Gasteiger charge is 2.15. The Balaban J connectivity index is 2.19. The van der Waals surface area contributed by atoms with E-state index in [-0.39, 0.29) is 18.1 Å². The summed E-state index contributed by atoms with van der Waals surface area (Å²) < 4.78 is 8.01. The molecule has 0 aliphatic heterocycles. The minimum Gasteiger partial charge on any atom is -0.469 e. The van der Waals surface area contributed by atoms with E-state index in [9.17, 15) is 9.59 Å². The first kappa shape index (κ1) is 16.1. The molecule has 0 saturated carbocycles. The fraction of sp³-hybridized carbons (Fsp3) is 0.263. The third-order valence-electron chi connectivity index (χ3n) is 4.14. The van der Waals surface area contributed by atoms with Crippen molar-refractivity contribution in [1.29, 1.82) is 0 Å². The summed E-state index contributed by atoms with van der Waals surface area (Å²) in [5.74, 6) is -0.328. The molecule has 0 bridgehead atoms.